The molecule has 2 atom stereocenters. The van der Waals surface area contributed by atoms with Crippen molar-refractivity contribution in [1.29, 1.82) is 0 Å². The molecular weight excluding hydrogens is 907 g/mol. The average Bonchev–Trinajstić information content (AvgIpc) is 4.06. The normalized spacial score (nSPS) is 12.0. The smallest absolute Gasteiger partial charge is 0.328 e. The number of rotatable bonds is 12. The summed E-state index contributed by atoms with van der Waals surface area (Å²) in [6.07, 6.45) is 8.21. The fraction of sp³-hybridized carbons (Fsp3) is 0.120. The summed E-state index contributed by atoms with van der Waals surface area (Å²) >= 11 is 0. The number of aromatic amines is 2. The van der Waals surface area contributed by atoms with Crippen LogP contribution in [0.5, 0.6) is 0 Å². The maximum atomic E-state index is 14.0. The molecule has 0 aliphatic rings. The number of benzene rings is 4. The molecule has 0 radical (unpaired) electrons. The molecule has 6 N–H and O–H groups in total. The van der Waals surface area contributed by atoms with Gasteiger partial charge in [-0.15, -0.1) is 0 Å². The van der Waals surface area contributed by atoms with Gasteiger partial charge < -0.3 is 39.6 Å². The van der Waals surface area contributed by atoms with Gasteiger partial charge in [0.1, 0.15) is 58.0 Å². The van der Waals surface area contributed by atoms with Crippen LogP contribution in [0.25, 0.3) is 66.5 Å². The van der Waals surface area contributed by atoms with Crippen molar-refractivity contribution >= 4 is 67.8 Å². The molecule has 0 amide bonds. The number of para-hydroxylation sites is 2. The number of nitrogens with one attached hydrogen (secondary N) is 4. The lowest BCUT2D eigenvalue weighted by molar-refractivity contribution is -0.134. The van der Waals surface area contributed by atoms with Crippen molar-refractivity contribution < 1.29 is 37.4 Å². The van der Waals surface area contributed by atoms with Gasteiger partial charge in [0.2, 0.25) is 10.9 Å². The number of H-pyrrole nitrogens is 2. The maximum absolute atomic E-state index is 14.0. The Kier molecular flexibility index (Phi) is 14.1. The first kappa shape index (κ1) is 47.0. The van der Waals surface area contributed by atoms with E-state index in [0.29, 0.717) is 115 Å². The van der Waals surface area contributed by atoms with Crippen molar-refractivity contribution in [1.82, 2.24) is 39.9 Å². The monoisotopic (exact) mass is 946 g/mol. The third-order valence-corrected chi connectivity index (χ3v) is 10.8. The second-order valence-electron chi connectivity index (χ2n) is 15.2. The van der Waals surface area contributed by atoms with Gasteiger partial charge in [0.05, 0.1) is 46.6 Å². The number of hydrogen-bond acceptors (Lipinski definition) is 14. The van der Waals surface area contributed by atoms with Crippen molar-refractivity contribution in [2.75, 3.05) is 10.6 Å². The summed E-state index contributed by atoms with van der Waals surface area (Å²) in [6.45, 7) is 3.93. The lowest BCUT2D eigenvalue weighted by atomic mass is 9.97. The molecule has 0 aliphatic carbocycles. The number of aliphatic carboxylic acids is 2. The van der Waals surface area contributed by atoms with E-state index >= 15 is 0 Å². The molecule has 4 aromatic carbocycles. The highest BCUT2D eigenvalue weighted by Gasteiger charge is 2.26. The Morgan fingerprint density at radius 1 is 0.600 bits per heavy atom. The first-order valence-electron chi connectivity index (χ1n) is 21.5. The number of carbonyl (C=O) groups is 2. The van der Waals surface area contributed by atoms with E-state index in [-0.39, 0.29) is 10.9 Å². The van der Waals surface area contributed by atoms with E-state index in [1.807, 2.05) is 26.0 Å². The lowest BCUT2D eigenvalue weighted by Gasteiger charge is -2.20. The first-order valence-corrected chi connectivity index (χ1v) is 21.5. The van der Waals surface area contributed by atoms with Gasteiger partial charge in [-0.25, -0.2) is 48.3 Å². The first-order chi connectivity index (χ1) is 33.9. The number of carboxylic acid groups (broad SMARTS) is 2. The molecule has 70 heavy (non-hydrogen) atoms. The minimum Gasteiger partial charge on any atom is -0.478 e. The van der Waals surface area contributed by atoms with E-state index in [4.69, 9.17) is 19.0 Å². The number of hydrogen-bond donors (Lipinski definition) is 6. The van der Waals surface area contributed by atoms with E-state index in [0.717, 1.165) is 0 Å². The van der Waals surface area contributed by atoms with E-state index < -0.39 is 35.7 Å². The maximum Gasteiger partial charge on any atom is 0.328 e. The lowest BCUT2D eigenvalue weighted by Crippen LogP contribution is -2.17. The molecule has 6 aromatic heterocycles. The largest absolute Gasteiger partial charge is 0.478 e. The molecule has 0 saturated heterocycles. The summed E-state index contributed by atoms with van der Waals surface area (Å²) in [5, 5.41) is 23.2. The number of halogens is 2. The van der Waals surface area contributed by atoms with Gasteiger partial charge in [-0.1, -0.05) is 62.4 Å². The van der Waals surface area contributed by atoms with E-state index in [1.165, 1.54) is 36.9 Å². The number of nitrogens with zero attached hydrogens (tertiary/aromatic N) is 6. The molecule has 0 fully saturated rings. The van der Waals surface area contributed by atoms with Crippen LogP contribution in [0.1, 0.15) is 50.3 Å². The zero-order valence-electron chi connectivity index (χ0n) is 37.1. The fourth-order valence-electron chi connectivity index (χ4n) is 7.57. The number of fused-ring (bicyclic) bond motifs is 4. The summed E-state index contributed by atoms with van der Waals surface area (Å²) in [6, 6.07) is 25.2. The van der Waals surface area contributed by atoms with Crippen LogP contribution < -0.4 is 21.5 Å². The van der Waals surface area contributed by atoms with Crippen LogP contribution in [-0.2, 0) is 9.59 Å². The minimum absolute atomic E-state index is 0.211. The van der Waals surface area contributed by atoms with Gasteiger partial charge in [0, 0.05) is 12.2 Å². The zero-order chi connectivity index (χ0) is 49.3. The second kappa shape index (κ2) is 21.0. The molecule has 10 rings (SSSR count). The zero-order valence-corrected chi connectivity index (χ0v) is 37.1. The molecule has 0 spiro atoms. The highest BCUT2D eigenvalue weighted by Crippen LogP contribution is 2.35. The summed E-state index contributed by atoms with van der Waals surface area (Å²) in [5.41, 5.74) is 4.44. The Bertz CT molecular complexity index is 3450. The van der Waals surface area contributed by atoms with Crippen LogP contribution in [0.4, 0.5) is 20.4 Å². The van der Waals surface area contributed by atoms with Crippen molar-refractivity contribution in [2.45, 2.75) is 38.8 Å². The molecule has 0 saturated carbocycles. The molecule has 0 bridgehead atoms. The fourth-order valence-corrected chi connectivity index (χ4v) is 7.57. The van der Waals surface area contributed by atoms with Crippen LogP contribution in [0, 0.1) is 11.6 Å². The molecule has 352 valence electrons. The molecule has 0 unspecified atom stereocenters. The molecule has 10 aromatic rings. The van der Waals surface area contributed by atoms with Crippen molar-refractivity contribution in [2.24, 2.45) is 0 Å². The number of carboxylic acids is 2. The molecular formula is C50H40F2N10O8. The quantitative estimate of drug-likeness (QED) is 0.0623. The summed E-state index contributed by atoms with van der Waals surface area (Å²) in [5.74, 6) is -1.45. The Morgan fingerprint density at radius 3 is 1.40 bits per heavy atom. The van der Waals surface area contributed by atoms with Crippen LogP contribution in [0.3, 0.4) is 0 Å². The van der Waals surface area contributed by atoms with E-state index in [1.54, 1.807) is 73.3 Å². The predicted octanol–water partition coefficient (Wildman–Crippen LogP) is 9.37. The van der Waals surface area contributed by atoms with Crippen molar-refractivity contribution in [3.63, 3.8) is 0 Å². The highest BCUT2D eigenvalue weighted by molar-refractivity contribution is 5.90. The van der Waals surface area contributed by atoms with Crippen LogP contribution >= 0.6 is 0 Å². The topological polar surface area (TPSA) is 268 Å². The summed E-state index contributed by atoms with van der Waals surface area (Å²) < 4.78 is 40.5. The van der Waals surface area contributed by atoms with Gasteiger partial charge in [-0.3, -0.25) is 9.59 Å². The van der Waals surface area contributed by atoms with E-state index in [2.05, 4.69) is 50.5 Å². The number of aromatic nitrogens is 8. The Labute approximate surface area is 393 Å². The summed E-state index contributed by atoms with van der Waals surface area (Å²) in [7, 11) is 0. The molecule has 18 nitrogen and oxygen atoms in total. The molecule has 20 heteroatoms. The van der Waals surface area contributed by atoms with Crippen molar-refractivity contribution in [3.05, 3.63) is 178 Å². The molecule has 0 aliphatic heterocycles. The minimum atomic E-state index is -1.26. The van der Waals surface area contributed by atoms with Gasteiger partial charge in [-0.2, -0.15) is 0 Å². The van der Waals surface area contributed by atoms with Gasteiger partial charge in [-0.05, 0) is 72.5 Å². The van der Waals surface area contributed by atoms with E-state index in [9.17, 15) is 28.0 Å². The van der Waals surface area contributed by atoms with Crippen LogP contribution in [0.2, 0.25) is 0 Å². The highest BCUT2D eigenvalue weighted by atomic mass is 19.1. The number of imidazole rings is 2. The third kappa shape index (κ3) is 10.2. The Hall–Kier alpha value is -9.46. The third-order valence-electron chi connectivity index (χ3n) is 10.8. The van der Waals surface area contributed by atoms with Gasteiger partial charge in [0.25, 0.3) is 0 Å². The average molecular weight is 947 g/mol. The number of anilines is 2. The predicted molar refractivity (Wildman–Crippen MR) is 257 cm³/mol. The summed E-state index contributed by atoms with van der Waals surface area (Å²) in [4.78, 5) is 77.3. The SMILES string of the molecule is CC[C@H](Nc1ncnc2nc[nH]c12)c1oc2ccccc2c(=O)c1-c1cccc(F)c1.CC[C@H](Nc1ncnc2nc[nH]c12)c1oc2ccccc2c(=O)c1-c1cccc(F)c1.O=C(O)/C=C/C(=O)O. The Balaban J connectivity index is 0.000000163. The second-order valence-corrected chi connectivity index (χ2v) is 15.2. The Morgan fingerprint density at radius 2 is 1.01 bits per heavy atom. The van der Waals surface area contributed by atoms with Gasteiger partial charge in [0.15, 0.2) is 22.9 Å². The van der Waals surface area contributed by atoms with Crippen molar-refractivity contribution in [3.8, 4) is 22.3 Å². The standard InChI is InChI=1S/2C23H18FN5O2.C4H4O4/c2*1-2-16(29-23-19-22(26-11-25-19)27-12-28-23)21-18(13-6-5-7-14(24)10-13)20(30)15-8-3-4-9-17(15)31-21;5-3(6)1-2-4(7)8/h2*3-12,16H,2H2,1H3,(H2,25,26,27,28,29);1-2H,(H,5,6)(H,7,8)/b;;2-1+/t2*16-;/m00./s1. The van der Waals surface area contributed by atoms with Gasteiger partial charge >= 0.3 is 11.9 Å². The van der Waals surface area contributed by atoms with Crippen LogP contribution in [-0.4, -0.2) is 62.0 Å². The molecule has 6 heterocycles. The van der Waals surface area contributed by atoms with Crippen LogP contribution in [0.15, 0.2) is 153 Å².